The van der Waals surface area contributed by atoms with E-state index in [1.54, 1.807) is 0 Å². The van der Waals surface area contributed by atoms with Crippen LogP contribution in [0, 0.1) is 0 Å². The van der Waals surface area contributed by atoms with Crippen LogP contribution in [0.3, 0.4) is 0 Å². The third-order valence-corrected chi connectivity index (χ3v) is 2.84. The molecule has 80 valence electrons. The van der Waals surface area contributed by atoms with Gasteiger partial charge in [0.2, 0.25) is 15.5 Å². The summed E-state index contributed by atoms with van der Waals surface area (Å²) in [7, 11) is -3.96. The molecule has 3 nitrogen and oxygen atoms in total. The van der Waals surface area contributed by atoms with E-state index in [0.717, 1.165) is 25.7 Å². The molecular formula is C8H18FNO2S. The van der Waals surface area contributed by atoms with Crippen molar-refractivity contribution >= 4 is 10.0 Å². The summed E-state index contributed by atoms with van der Waals surface area (Å²) < 4.78 is 33.6. The molecule has 0 aromatic carbocycles. The number of nitrogens with two attached hydrogens (primary N) is 1. The molecular weight excluding hydrogens is 193 g/mol. The van der Waals surface area contributed by atoms with Crippen molar-refractivity contribution in [3.8, 4) is 0 Å². The fourth-order valence-electron chi connectivity index (χ4n) is 1.07. The first-order valence-electron chi connectivity index (χ1n) is 4.64. The van der Waals surface area contributed by atoms with Crippen LogP contribution in [0.15, 0.2) is 0 Å². The summed E-state index contributed by atoms with van der Waals surface area (Å²) in [4.78, 5) is 0. The SMILES string of the molecule is CCCCCCCC(F)S(N)(=O)=O. The van der Waals surface area contributed by atoms with Gasteiger partial charge in [0.15, 0.2) is 0 Å². The lowest BCUT2D eigenvalue weighted by molar-refractivity contribution is 0.385. The molecule has 0 aromatic heterocycles. The third-order valence-electron chi connectivity index (χ3n) is 1.89. The van der Waals surface area contributed by atoms with Crippen LogP contribution >= 0.6 is 0 Å². The first-order chi connectivity index (χ1) is 5.98. The Labute approximate surface area is 79.6 Å². The molecule has 2 N–H and O–H groups in total. The minimum Gasteiger partial charge on any atom is -0.229 e. The predicted octanol–water partition coefficient (Wildman–Crippen LogP) is 1.93. The highest BCUT2D eigenvalue weighted by molar-refractivity contribution is 7.89. The van der Waals surface area contributed by atoms with E-state index in [2.05, 4.69) is 12.1 Å². The topological polar surface area (TPSA) is 60.2 Å². The molecule has 0 rings (SSSR count). The van der Waals surface area contributed by atoms with Crippen LogP contribution in [-0.4, -0.2) is 13.9 Å². The van der Waals surface area contributed by atoms with E-state index in [1.165, 1.54) is 0 Å². The lowest BCUT2D eigenvalue weighted by Gasteiger charge is -2.04. The lowest BCUT2D eigenvalue weighted by atomic mass is 10.1. The first kappa shape index (κ1) is 12.8. The quantitative estimate of drug-likeness (QED) is 0.654. The molecule has 0 aliphatic carbocycles. The second-order valence-corrected chi connectivity index (χ2v) is 4.89. The first-order valence-corrected chi connectivity index (χ1v) is 6.25. The van der Waals surface area contributed by atoms with E-state index in [0.29, 0.717) is 6.42 Å². The second kappa shape index (κ2) is 6.32. The fraction of sp³-hybridized carbons (Fsp3) is 1.00. The number of rotatable bonds is 7. The van der Waals surface area contributed by atoms with Gasteiger partial charge in [-0.15, -0.1) is 0 Å². The van der Waals surface area contributed by atoms with Crippen LogP contribution in [0.5, 0.6) is 0 Å². The normalized spacial score (nSPS) is 14.4. The van der Waals surface area contributed by atoms with Crippen LogP contribution in [0.2, 0.25) is 0 Å². The van der Waals surface area contributed by atoms with Gasteiger partial charge in [0.1, 0.15) is 0 Å². The molecule has 0 amide bonds. The number of hydrogen-bond donors (Lipinski definition) is 1. The van der Waals surface area contributed by atoms with Crippen LogP contribution in [0.4, 0.5) is 4.39 Å². The largest absolute Gasteiger partial charge is 0.241 e. The molecule has 0 aliphatic heterocycles. The zero-order valence-electron chi connectivity index (χ0n) is 8.00. The van der Waals surface area contributed by atoms with Crippen molar-refractivity contribution in [1.82, 2.24) is 0 Å². The Kier molecular flexibility index (Phi) is 6.24. The van der Waals surface area contributed by atoms with Crippen molar-refractivity contribution in [2.75, 3.05) is 0 Å². The Morgan fingerprint density at radius 3 is 2.23 bits per heavy atom. The molecule has 0 bridgehead atoms. The van der Waals surface area contributed by atoms with Crippen LogP contribution in [0.25, 0.3) is 0 Å². The average molecular weight is 211 g/mol. The summed E-state index contributed by atoms with van der Waals surface area (Å²) in [6.07, 6.45) is 4.78. The van der Waals surface area contributed by atoms with Crippen molar-refractivity contribution < 1.29 is 12.8 Å². The highest BCUT2D eigenvalue weighted by Crippen LogP contribution is 2.11. The van der Waals surface area contributed by atoms with E-state index in [1.807, 2.05) is 0 Å². The van der Waals surface area contributed by atoms with Gasteiger partial charge in [0.05, 0.1) is 0 Å². The fourth-order valence-corrected chi connectivity index (χ4v) is 1.57. The number of primary sulfonamides is 1. The molecule has 0 spiro atoms. The molecule has 0 heterocycles. The van der Waals surface area contributed by atoms with Gasteiger partial charge in [-0.2, -0.15) is 0 Å². The molecule has 0 saturated heterocycles. The summed E-state index contributed by atoms with van der Waals surface area (Å²) in [6, 6.07) is 0. The smallest absolute Gasteiger partial charge is 0.229 e. The van der Waals surface area contributed by atoms with Crippen molar-refractivity contribution in [3.05, 3.63) is 0 Å². The average Bonchev–Trinajstić information content (AvgIpc) is 2.02. The highest BCUT2D eigenvalue weighted by atomic mass is 32.2. The number of unbranched alkanes of at least 4 members (excludes halogenated alkanes) is 4. The molecule has 1 unspecified atom stereocenters. The molecule has 0 aliphatic rings. The Bertz CT molecular complexity index is 216. The molecule has 5 heteroatoms. The Morgan fingerprint density at radius 1 is 1.23 bits per heavy atom. The summed E-state index contributed by atoms with van der Waals surface area (Å²) in [5, 5.41) is 4.62. The van der Waals surface area contributed by atoms with Gasteiger partial charge < -0.3 is 0 Å². The monoisotopic (exact) mass is 211 g/mol. The second-order valence-electron chi connectivity index (χ2n) is 3.20. The zero-order valence-corrected chi connectivity index (χ0v) is 8.82. The minimum atomic E-state index is -3.96. The van der Waals surface area contributed by atoms with Gasteiger partial charge in [0.25, 0.3) is 0 Å². The van der Waals surface area contributed by atoms with Crippen LogP contribution in [-0.2, 0) is 10.0 Å². The number of sulfonamides is 1. The van der Waals surface area contributed by atoms with Crippen molar-refractivity contribution in [1.29, 1.82) is 0 Å². The van der Waals surface area contributed by atoms with E-state index in [-0.39, 0.29) is 6.42 Å². The molecule has 13 heavy (non-hydrogen) atoms. The molecule has 0 radical (unpaired) electrons. The molecule has 0 aromatic rings. The summed E-state index contributed by atoms with van der Waals surface area (Å²) in [6.45, 7) is 2.09. The van der Waals surface area contributed by atoms with E-state index < -0.39 is 15.5 Å². The van der Waals surface area contributed by atoms with E-state index >= 15 is 0 Å². The van der Waals surface area contributed by atoms with Gasteiger partial charge >= 0.3 is 0 Å². The highest BCUT2D eigenvalue weighted by Gasteiger charge is 2.18. The lowest BCUT2D eigenvalue weighted by Crippen LogP contribution is -2.24. The van der Waals surface area contributed by atoms with E-state index in [4.69, 9.17) is 0 Å². The van der Waals surface area contributed by atoms with E-state index in [9.17, 15) is 12.8 Å². The maximum atomic E-state index is 12.7. The van der Waals surface area contributed by atoms with Crippen LogP contribution < -0.4 is 5.14 Å². The minimum absolute atomic E-state index is 0.0303. The Morgan fingerprint density at radius 2 is 1.77 bits per heavy atom. The van der Waals surface area contributed by atoms with Gasteiger partial charge in [-0.1, -0.05) is 32.6 Å². The number of alkyl halides is 1. The van der Waals surface area contributed by atoms with Gasteiger partial charge in [-0.3, -0.25) is 0 Å². The van der Waals surface area contributed by atoms with Crippen molar-refractivity contribution in [3.63, 3.8) is 0 Å². The Hall–Kier alpha value is -0.160. The summed E-state index contributed by atoms with van der Waals surface area (Å²) >= 11 is 0. The molecule has 1 atom stereocenters. The maximum Gasteiger partial charge on any atom is 0.241 e. The molecule has 0 saturated carbocycles. The number of halogens is 1. The van der Waals surface area contributed by atoms with Crippen molar-refractivity contribution in [2.45, 2.75) is 51.0 Å². The van der Waals surface area contributed by atoms with Gasteiger partial charge in [-0.25, -0.2) is 17.9 Å². The van der Waals surface area contributed by atoms with Crippen LogP contribution in [0.1, 0.15) is 45.4 Å². The van der Waals surface area contributed by atoms with Gasteiger partial charge in [-0.05, 0) is 12.8 Å². The zero-order chi connectivity index (χ0) is 10.3. The summed E-state index contributed by atoms with van der Waals surface area (Å²) in [5.74, 6) is 0. The standard InChI is InChI=1S/C8H18FNO2S/c1-2-3-4-5-6-7-8(9)13(10,11)12/h8H,2-7H2,1H3,(H2,10,11,12). The predicted molar refractivity (Wildman–Crippen MR) is 51.4 cm³/mol. The summed E-state index contributed by atoms with van der Waals surface area (Å²) in [5.41, 5.74) is -1.88. The third kappa shape index (κ3) is 6.95. The Balaban J connectivity index is 3.44. The maximum absolute atomic E-state index is 12.7. The van der Waals surface area contributed by atoms with Gasteiger partial charge in [0, 0.05) is 0 Å². The molecule has 0 fully saturated rings. The number of hydrogen-bond acceptors (Lipinski definition) is 2. The van der Waals surface area contributed by atoms with Crippen molar-refractivity contribution in [2.24, 2.45) is 5.14 Å².